The van der Waals surface area contributed by atoms with Crippen molar-refractivity contribution in [3.8, 4) is 5.75 Å². The van der Waals surface area contributed by atoms with Gasteiger partial charge in [-0.1, -0.05) is 6.07 Å². The van der Waals surface area contributed by atoms with Crippen molar-refractivity contribution < 1.29 is 22.6 Å². The van der Waals surface area contributed by atoms with Crippen LogP contribution in [0.1, 0.15) is 17.2 Å². The lowest BCUT2D eigenvalue weighted by molar-refractivity contribution is -0.140. The van der Waals surface area contributed by atoms with Crippen LogP contribution in [-0.2, 0) is 10.9 Å². The van der Waals surface area contributed by atoms with Crippen LogP contribution in [0.3, 0.4) is 0 Å². The molecule has 2 rings (SSSR count). The quantitative estimate of drug-likeness (QED) is 0.886. The van der Waals surface area contributed by atoms with Crippen molar-refractivity contribution in [3.05, 3.63) is 29.3 Å². The Kier molecular flexibility index (Phi) is 3.77. The summed E-state index contributed by atoms with van der Waals surface area (Å²) in [5.74, 6) is 0.207. The van der Waals surface area contributed by atoms with Crippen molar-refractivity contribution in [1.29, 1.82) is 0 Å². The van der Waals surface area contributed by atoms with Gasteiger partial charge in [-0.05, 0) is 12.1 Å². The van der Waals surface area contributed by atoms with Gasteiger partial charge in [0.05, 0.1) is 25.4 Å². The van der Waals surface area contributed by atoms with Crippen LogP contribution < -0.4 is 10.1 Å². The Morgan fingerprint density at radius 2 is 2.17 bits per heavy atom. The van der Waals surface area contributed by atoms with E-state index in [1.54, 1.807) is 0 Å². The summed E-state index contributed by atoms with van der Waals surface area (Å²) < 4.78 is 49.4. The molecule has 1 aromatic rings. The SMILES string of the molecule is COc1cccc(C(F)(F)F)c1C1CNCCO1. The zero-order valence-corrected chi connectivity index (χ0v) is 9.88. The molecule has 1 unspecified atom stereocenters. The number of rotatable bonds is 2. The fourth-order valence-electron chi connectivity index (χ4n) is 2.05. The number of hydrogen-bond donors (Lipinski definition) is 1. The molecule has 0 saturated carbocycles. The molecule has 1 fully saturated rings. The lowest BCUT2D eigenvalue weighted by Gasteiger charge is -2.27. The van der Waals surface area contributed by atoms with Gasteiger partial charge < -0.3 is 14.8 Å². The predicted octanol–water partition coefficient (Wildman–Crippen LogP) is 2.37. The molecule has 1 aliphatic heterocycles. The number of alkyl halides is 3. The Balaban J connectivity index is 2.46. The normalized spacial score (nSPS) is 20.8. The standard InChI is InChI=1S/C12H14F3NO2/c1-17-9-4-2-3-8(12(13,14)15)11(9)10-7-16-5-6-18-10/h2-4,10,16H,5-7H2,1H3. The van der Waals surface area contributed by atoms with E-state index < -0.39 is 17.8 Å². The van der Waals surface area contributed by atoms with Gasteiger partial charge in [0, 0.05) is 18.7 Å². The molecule has 0 spiro atoms. The summed E-state index contributed by atoms with van der Waals surface area (Å²) in [6, 6.07) is 3.90. The average Bonchev–Trinajstić information content (AvgIpc) is 2.38. The maximum atomic E-state index is 13.0. The second-order valence-corrected chi connectivity index (χ2v) is 3.98. The molecule has 100 valence electrons. The lowest BCUT2D eigenvalue weighted by Crippen LogP contribution is -2.34. The van der Waals surface area contributed by atoms with Crippen LogP contribution in [-0.4, -0.2) is 26.8 Å². The van der Waals surface area contributed by atoms with E-state index in [9.17, 15) is 13.2 Å². The number of methoxy groups -OCH3 is 1. The van der Waals surface area contributed by atoms with Gasteiger partial charge in [-0.2, -0.15) is 13.2 Å². The molecule has 0 aliphatic carbocycles. The van der Waals surface area contributed by atoms with E-state index in [2.05, 4.69) is 5.32 Å². The molecule has 6 heteroatoms. The highest BCUT2D eigenvalue weighted by Gasteiger charge is 2.37. The second kappa shape index (κ2) is 5.16. The minimum Gasteiger partial charge on any atom is -0.496 e. The summed E-state index contributed by atoms with van der Waals surface area (Å²) in [5.41, 5.74) is -0.629. The smallest absolute Gasteiger partial charge is 0.416 e. The molecule has 3 nitrogen and oxygen atoms in total. The first-order valence-electron chi connectivity index (χ1n) is 5.60. The Morgan fingerprint density at radius 1 is 1.39 bits per heavy atom. The number of morpholine rings is 1. The molecular formula is C12H14F3NO2. The zero-order chi connectivity index (χ0) is 13.2. The third kappa shape index (κ3) is 2.59. The maximum absolute atomic E-state index is 13.0. The Bertz CT molecular complexity index is 414. The van der Waals surface area contributed by atoms with Gasteiger partial charge >= 0.3 is 6.18 Å². The summed E-state index contributed by atoms with van der Waals surface area (Å²) in [5, 5.41) is 3.02. The minimum atomic E-state index is -4.41. The lowest BCUT2D eigenvalue weighted by atomic mass is 9.99. The number of hydrogen-bond acceptors (Lipinski definition) is 3. The highest BCUT2D eigenvalue weighted by atomic mass is 19.4. The van der Waals surface area contributed by atoms with Crippen LogP contribution in [0.25, 0.3) is 0 Å². The van der Waals surface area contributed by atoms with E-state index >= 15 is 0 Å². The molecule has 18 heavy (non-hydrogen) atoms. The fourth-order valence-corrected chi connectivity index (χ4v) is 2.05. The highest BCUT2D eigenvalue weighted by molar-refractivity contribution is 5.43. The van der Waals surface area contributed by atoms with Crippen LogP contribution >= 0.6 is 0 Å². The van der Waals surface area contributed by atoms with Crippen LogP contribution in [0.5, 0.6) is 5.75 Å². The molecular weight excluding hydrogens is 247 g/mol. The van der Waals surface area contributed by atoms with Gasteiger partial charge in [0.2, 0.25) is 0 Å². The molecule has 1 atom stereocenters. The van der Waals surface area contributed by atoms with Crippen molar-refractivity contribution in [2.75, 3.05) is 26.8 Å². The molecule has 1 aliphatic rings. The summed E-state index contributed by atoms with van der Waals surface area (Å²) >= 11 is 0. The Labute approximate surface area is 103 Å². The van der Waals surface area contributed by atoms with Gasteiger partial charge in [-0.25, -0.2) is 0 Å². The van der Waals surface area contributed by atoms with Crippen LogP contribution in [0.4, 0.5) is 13.2 Å². The van der Waals surface area contributed by atoms with Crippen LogP contribution in [0.15, 0.2) is 18.2 Å². The molecule has 0 bridgehead atoms. The largest absolute Gasteiger partial charge is 0.496 e. The van der Waals surface area contributed by atoms with E-state index in [1.165, 1.54) is 19.2 Å². The summed E-state index contributed by atoms with van der Waals surface area (Å²) in [6.07, 6.45) is -5.04. The number of ether oxygens (including phenoxy) is 2. The van der Waals surface area contributed by atoms with Crippen molar-refractivity contribution in [1.82, 2.24) is 5.32 Å². The van der Waals surface area contributed by atoms with Crippen molar-refractivity contribution in [2.24, 2.45) is 0 Å². The summed E-state index contributed by atoms with van der Waals surface area (Å²) in [4.78, 5) is 0. The van der Waals surface area contributed by atoms with E-state index in [-0.39, 0.29) is 11.3 Å². The Morgan fingerprint density at radius 3 is 2.72 bits per heavy atom. The summed E-state index contributed by atoms with van der Waals surface area (Å²) in [7, 11) is 1.36. The van der Waals surface area contributed by atoms with Crippen molar-refractivity contribution in [3.63, 3.8) is 0 Å². The predicted molar refractivity (Wildman–Crippen MR) is 59.6 cm³/mol. The molecule has 1 aromatic carbocycles. The van der Waals surface area contributed by atoms with E-state index in [0.29, 0.717) is 19.7 Å². The molecule has 1 N–H and O–H groups in total. The van der Waals surface area contributed by atoms with E-state index in [1.807, 2.05) is 0 Å². The molecule has 1 heterocycles. The van der Waals surface area contributed by atoms with Gasteiger partial charge in [0.25, 0.3) is 0 Å². The van der Waals surface area contributed by atoms with Gasteiger partial charge in [0.15, 0.2) is 0 Å². The van der Waals surface area contributed by atoms with Gasteiger partial charge in [-0.3, -0.25) is 0 Å². The number of benzene rings is 1. The first kappa shape index (κ1) is 13.2. The highest BCUT2D eigenvalue weighted by Crippen LogP contribution is 2.40. The third-order valence-corrected chi connectivity index (χ3v) is 2.84. The number of halogens is 3. The molecule has 1 saturated heterocycles. The third-order valence-electron chi connectivity index (χ3n) is 2.84. The van der Waals surface area contributed by atoms with E-state index in [4.69, 9.17) is 9.47 Å². The van der Waals surface area contributed by atoms with Crippen molar-refractivity contribution in [2.45, 2.75) is 12.3 Å². The first-order chi connectivity index (χ1) is 8.54. The van der Waals surface area contributed by atoms with Crippen LogP contribution in [0, 0.1) is 0 Å². The van der Waals surface area contributed by atoms with Gasteiger partial charge in [0.1, 0.15) is 5.75 Å². The number of nitrogens with one attached hydrogen (secondary N) is 1. The molecule has 0 amide bonds. The molecule has 0 radical (unpaired) electrons. The average molecular weight is 261 g/mol. The monoisotopic (exact) mass is 261 g/mol. The topological polar surface area (TPSA) is 30.5 Å². The first-order valence-corrected chi connectivity index (χ1v) is 5.60. The maximum Gasteiger partial charge on any atom is 0.416 e. The van der Waals surface area contributed by atoms with Crippen molar-refractivity contribution >= 4 is 0 Å². The second-order valence-electron chi connectivity index (χ2n) is 3.98. The van der Waals surface area contributed by atoms with Crippen LogP contribution in [0.2, 0.25) is 0 Å². The molecule has 0 aromatic heterocycles. The summed E-state index contributed by atoms with van der Waals surface area (Å²) in [6.45, 7) is 1.39. The zero-order valence-electron chi connectivity index (χ0n) is 9.88. The fraction of sp³-hybridized carbons (Fsp3) is 0.500. The Hall–Kier alpha value is -1.27. The minimum absolute atomic E-state index is 0.0692. The van der Waals surface area contributed by atoms with E-state index in [0.717, 1.165) is 6.07 Å². The van der Waals surface area contributed by atoms with Gasteiger partial charge in [-0.15, -0.1) is 0 Å².